The molecule has 0 aliphatic rings. The van der Waals surface area contributed by atoms with Gasteiger partial charge in [-0.1, -0.05) is 0 Å². The van der Waals surface area contributed by atoms with Crippen molar-refractivity contribution in [2.75, 3.05) is 5.73 Å². The molecule has 0 fully saturated rings. The maximum absolute atomic E-state index is 11.3. The molecule has 2 aromatic heterocycles. The van der Waals surface area contributed by atoms with Crippen LogP contribution in [0.1, 0.15) is 10.4 Å². The van der Waals surface area contributed by atoms with Gasteiger partial charge in [-0.25, -0.2) is 4.98 Å². The van der Waals surface area contributed by atoms with Crippen LogP contribution in [0.15, 0.2) is 35.2 Å². The van der Waals surface area contributed by atoms with Crippen molar-refractivity contribution in [3.05, 3.63) is 40.8 Å². The van der Waals surface area contributed by atoms with Gasteiger partial charge < -0.3 is 16.2 Å². The van der Waals surface area contributed by atoms with Crippen LogP contribution in [-0.2, 0) is 0 Å². The lowest BCUT2D eigenvalue weighted by atomic mass is 10.2. The number of aromatic nitrogens is 2. The van der Waals surface area contributed by atoms with E-state index in [1.54, 1.807) is 12.3 Å². The second-order valence-electron chi connectivity index (χ2n) is 3.43. The Morgan fingerprint density at radius 2 is 2.06 bits per heavy atom. The molecule has 4 N–H and O–H groups in total. The van der Waals surface area contributed by atoms with Gasteiger partial charge in [0.1, 0.15) is 11.3 Å². The fourth-order valence-electron chi connectivity index (χ4n) is 1.29. The highest BCUT2D eigenvalue weighted by molar-refractivity contribution is 9.10. The number of rotatable bonds is 3. The highest BCUT2D eigenvalue weighted by Crippen LogP contribution is 2.25. The van der Waals surface area contributed by atoms with Crippen LogP contribution in [0.2, 0.25) is 0 Å². The molecule has 0 radical (unpaired) electrons. The van der Waals surface area contributed by atoms with Crippen LogP contribution in [0.25, 0.3) is 0 Å². The van der Waals surface area contributed by atoms with E-state index in [2.05, 4.69) is 25.9 Å². The van der Waals surface area contributed by atoms with Gasteiger partial charge in [0.15, 0.2) is 0 Å². The van der Waals surface area contributed by atoms with E-state index >= 15 is 0 Å². The van der Waals surface area contributed by atoms with Gasteiger partial charge in [0, 0.05) is 10.7 Å². The molecule has 92 valence electrons. The molecule has 0 unspecified atom stereocenters. The normalized spacial score (nSPS) is 10.1. The summed E-state index contributed by atoms with van der Waals surface area (Å²) >= 11 is 3.26. The summed E-state index contributed by atoms with van der Waals surface area (Å²) in [5.41, 5.74) is 11.2. The second kappa shape index (κ2) is 5.01. The lowest BCUT2D eigenvalue weighted by Crippen LogP contribution is -2.13. The van der Waals surface area contributed by atoms with Crippen LogP contribution in [0.5, 0.6) is 11.6 Å². The average molecular weight is 309 g/mol. The first-order valence-corrected chi connectivity index (χ1v) is 5.69. The molecule has 0 saturated carbocycles. The molecule has 0 atom stereocenters. The van der Waals surface area contributed by atoms with Crippen molar-refractivity contribution in [1.29, 1.82) is 0 Å². The Morgan fingerprint density at radius 1 is 1.28 bits per heavy atom. The van der Waals surface area contributed by atoms with Gasteiger partial charge in [-0.05, 0) is 28.1 Å². The van der Waals surface area contributed by atoms with E-state index in [0.29, 0.717) is 11.4 Å². The third-order valence-corrected chi connectivity index (χ3v) is 2.47. The van der Waals surface area contributed by atoms with E-state index < -0.39 is 5.91 Å². The molecule has 0 aliphatic heterocycles. The Balaban J connectivity index is 2.37. The second-order valence-corrected chi connectivity index (χ2v) is 4.34. The number of nitrogen functional groups attached to an aromatic ring is 1. The fraction of sp³-hybridized carbons (Fsp3) is 0. The first-order chi connectivity index (χ1) is 8.56. The summed E-state index contributed by atoms with van der Waals surface area (Å²) in [5.74, 6) is -0.131. The third kappa shape index (κ3) is 2.75. The predicted octanol–water partition coefficient (Wildman–Crippen LogP) is 1.71. The van der Waals surface area contributed by atoms with Crippen LogP contribution in [-0.4, -0.2) is 15.9 Å². The summed E-state index contributed by atoms with van der Waals surface area (Å²) in [6.07, 6.45) is 4.49. The first kappa shape index (κ1) is 12.3. The van der Waals surface area contributed by atoms with Crippen LogP contribution >= 0.6 is 15.9 Å². The van der Waals surface area contributed by atoms with Gasteiger partial charge in [0.2, 0.25) is 5.88 Å². The standard InChI is InChI=1S/C11H9BrN4O2/c12-6-1-8(5-15-3-6)18-11-9(10(14)17)2-7(13)4-16-11/h1-5H,13H2,(H2,14,17). The van der Waals surface area contributed by atoms with Gasteiger partial charge >= 0.3 is 0 Å². The molecule has 7 heteroatoms. The first-order valence-electron chi connectivity index (χ1n) is 4.90. The monoisotopic (exact) mass is 308 g/mol. The number of amides is 1. The molecule has 0 aromatic carbocycles. The van der Waals surface area contributed by atoms with Gasteiger partial charge in [0.05, 0.1) is 18.1 Å². The minimum atomic E-state index is -0.659. The van der Waals surface area contributed by atoms with E-state index in [9.17, 15) is 4.79 Å². The fourth-order valence-corrected chi connectivity index (χ4v) is 1.63. The highest BCUT2D eigenvalue weighted by atomic mass is 79.9. The highest BCUT2D eigenvalue weighted by Gasteiger charge is 2.12. The van der Waals surface area contributed by atoms with Crippen molar-refractivity contribution in [2.45, 2.75) is 0 Å². The van der Waals surface area contributed by atoms with Gasteiger partial charge in [-0.2, -0.15) is 0 Å². The Morgan fingerprint density at radius 3 is 2.72 bits per heavy atom. The number of hydrogen-bond donors (Lipinski definition) is 2. The molecule has 2 aromatic rings. The molecule has 1 amide bonds. The van der Waals surface area contributed by atoms with Crippen molar-refractivity contribution in [1.82, 2.24) is 9.97 Å². The minimum Gasteiger partial charge on any atom is -0.437 e. The smallest absolute Gasteiger partial charge is 0.254 e. The van der Waals surface area contributed by atoms with Crippen LogP contribution in [0.3, 0.4) is 0 Å². The molecule has 0 saturated heterocycles. The molecule has 0 aliphatic carbocycles. The zero-order valence-electron chi connectivity index (χ0n) is 9.13. The minimum absolute atomic E-state index is 0.0941. The Hall–Kier alpha value is -2.15. The van der Waals surface area contributed by atoms with Crippen molar-refractivity contribution in [3.8, 4) is 11.6 Å². The van der Waals surface area contributed by atoms with E-state index in [1.165, 1.54) is 18.5 Å². The van der Waals surface area contributed by atoms with Crippen LogP contribution in [0.4, 0.5) is 5.69 Å². The number of nitrogens with zero attached hydrogens (tertiary/aromatic N) is 2. The number of pyridine rings is 2. The predicted molar refractivity (Wildman–Crippen MR) is 69.2 cm³/mol. The Labute approximate surface area is 111 Å². The van der Waals surface area contributed by atoms with Crippen molar-refractivity contribution in [3.63, 3.8) is 0 Å². The lowest BCUT2D eigenvalue weighted by Gasteiger charge is -2.08. The molecular weight excluding hydrogens is 300 g/mol. The average Bonchev–Trinajstić information content (AvgIpc) is 2.31. The summed E-state index contributed by atoms with van der Waals surface area (Å²) in [4.78, 5) is 19.1. The van der Waals surface area contributed by atoms with Crippen molar-refractivity contribution >= 4 is 27.5 Å². The summed E-state index contributed by atoms with van der Waals surface area (Å²) in [7, 11) is 0. The van der Waals surface area contributed by atoms with Crippen molar-refractivity contribution < 1.29 is 9.53 Å². The zero-order chi connectivity index (χ0) is 13.1. The largest absolute Gasteiger partial charge is 0.437 e. The number of carbonyl (C=O) groups excluding carboxylic acids is 1. The SMILES string of the molecule is NC(=O)c1cc(N)cnc1Oc1cncc(Br)c1. The number of ether oxygens (including phenoxy) is 1. The molecule has 0 bridgehead atoms. The maximum Gasteiger partial charge on any atom is 0.254 e. The molecule has 2 rings (SSSR count). The molecule has 18 heavy (non-hydrogen) atoms. The van der Waals surface area contributed by atoms with Gasteiger partial charge in [-0.3, -0.25) is 9.78 Å². The zero-order valence-corrected chi connectivity index (χ0v) is 10.7. The quantitative estimate of drug-likeness (QED) is 0.898. The number of anilines is 1. The van der Waals surface area contributed by atoms with Crippen LogP contribution < -0.4 is 16.2 Å². The van der Waals surface area contributed by atoms with Gasteiger partial charge in [0.25, 0.3) is 5.91 Å². The topological polar surface area (TPSA) is 104 Å². The van der Waals surface area contributed by atoms with E-state index in [1.807, 2.05) is 0 Å². The summed E-state index contributed by atoms with van der Waals surface area (Å²) < 4.78 is 6.19. The van der Waals surface area contributed by atoms with E-state index in [-0.39, 0.29) is 11.4 Å². The number of primary amides is 1. The maximum atomic E-state index is 11.3. The van der Waals surface area contributed by atoms with Crippen LogP contribution in [0, 0.1) is 0 Å². The van der Waals surface area contributed by atoms with E-state index in [0.717, 1.165) is 4.47 Å². The third-order valence-electron chi connectivity index (χ3n) is 2.03. The molecule has 0 spiro atoms. The number of carbonyl (C=O) groups is 1. The summed E-state index contributed by atoms with van der Waals surface area (Å²) in [6, 6.07) is 3.10. The number of halogens is 1. The molecular formula is C11H9BrN4O2. The van der Waals surface area contributed by atoms with Crippen molar-refractivity contribution in [2.24, 2.45) is 5.73 Å². The molecule has 2 heterocycles. The summed E-state index contributed by atoms with van der Waals surface area (Å²) in [6.45, 7) is 0. The Bertz CT molecular complexity index is 603. The number of nitrogens with two attached hydrogens (primary N) is 2. The number of hydrogen-bond acceptors (Lipinski definition) is 5. The Kier molecular flexibility index (Phi) is 3.42. The molecule has 6 nitrogen and oxygen atoms in total. The summed E-state index contributed by atoms with van der Waals surface area (Å²) in [5, 5.41) is 0. The lowest BCUT2D eigenvalue weighted by molar-refractivity contribution is 0.0997. The van der Waals surface area contributed by atoms with E-state index in [4.69, 9.17) is 16.2 Å². The van der Waals surface area contributed by atoms with Gasteiger partial charge in [-0.15, -0.1) is 0 Å².